The van der Waals surface area contributed by atoms with Crippen LogP contribution in [-0.4, -0.2) is 26.0 Å². The molecule has 0 fully saturated rings. The average molecular weight is 231 g/mol. The fourth-order valence-corrected chi connectivity index (χ4v) is 1.49. The van der Waals surface area contributed by atoms with Crippen molar-refractivity contribution >= 4 is 5.91 Å². The van der Waals surface area contributed by atoms with Gasteiger partial charge in [-0.05, 0) is 43.8 Å². The maximum Gasteiger partial charge on any atom is 0.251 e. The van der Waals surface area contributed by atoms with Gasteiger partial charge in [-0.2, -0.15) is 5.26 Å². The molecule has 0 saturated heterocycles. The fraction of sp³-hybridized carbons (Fsp3) is 0.385. The third-order valence-electron chi connectivity index (χ3n) is 2.44. The highest BCUT2D eigenvalue weighted by Gasteiger charge is 2.07. The molecule has 1 aromatic rings. The first kappa shape index (κ1) is 13.2. The lowest BCUT2D eigenvalue weighted by atomic mass is 10.1. The molecule has 0 aliphatic rings. The summed E-state index contributed by atoms with van der Waals surface area (Å²) < 4.78 is 0. The zero-order chi connectivity index (χ0) is 12.7. The third-order valence-corrected chi connectivity index (χ3v) is 2.44. The van der Waals surface area contributed by atoms with Gasteiger partial charge in [-0.1, -0.05) is 6.92 Å². The number of carbonyl (C=O) groups excluding carboxylic acids is 1. The van der Waals surface area contributed by atoms with E-state index in [1.54, 1.807) is 24.3 Å². The van der Waals surface area contributed by atoms with Crippen molar-refractivity contribution in [3.05, 3.63) is 35.4 Å². The topological polar surface area (TPSA) is 64.9 Å². The van der Waals surface area contributed by atoms with Crippen LogP contribution in [0.25, 0.3) is 0 Å². The number of carbonyl (C=O) groups is 1. The van der Waals surface area contributed by atoms with Crippen molar-refractivity contribution in [3.8, 4) is 6.07 Å². The summed E-state index contributed by atoms with van der Waals surface area (Å²) in [7, 11) is 1.89. The molecule has 4 nitrogen and oxygen atoms in total. The molecular weight excluding hydrogens is 214 g/mol. The minimum Gasteiger partial charge on any atom is -0.352 e. The Morgan fingerprint density at radius 3 is 2.53 bits per heavy atom. The van der Waals surface area contributed by atoms with Crippen LogP contribution >= 0.6 is 0 Å². The van der Waals surface area contributed by atoms with Gasteiger partial charge in [0.1, 0.15) is 0 Å². The lowest BCUT2D eigenvalue weighted by molar-refractivity contribution is 0.0948. The molecule has 0 heterocycles. The van der Waals surface area contributed by atoms with E-state index in [1.165, 1.54) is 0 Å². The second-order valence-corrected chi connectivity index (χ2v) is 4.06. The lowest BCUT2D eigenvalue weighted by Crippen LogP contribution is -2.32. The van der Waals surface area contributed by atoms with Gasteiger partial charge >= 0.3 is 0 Å². The Bertz CT molecular complexity index is 406. The van der Waals surface area contributed by atoms with E-state index in [1.807, 2.05) is 13.1 Å². The predicted octanol–water partition coefficient (Wildman–Crippen LogP) is 1.14. The third kappa shape index (κ3) is 4.25. The van der Waals surface area contributed by atoms with E-state index in [0.29, 0.717) is 23.6 Å². The number of hydrogen-bond donors (Lipinski definition) is 2. The van der Waals surface area contributed by atoms with E-state index >= 15 is 0 Å². The minimum absolute atomic E-state index is 0.0996. The second-order valence-electron chi connectivity index (χ2n) is 4.06. The molecular formula is C13H17N3O. The number of amides is 1. The van der Waals surface area contributed by atoms with Crippen LogP contribution in [0, 0.1) is 17.2 Å². The molecule has 0 bridgehead atoms. The van der Waals surface area contributed by atoms with Crippen LogP contribution in [0.4, 0.5) is 0 Å². The van der Waals surface area contributed by atoms with Gasteiger partial charge in [-0.15, -0.1) is 0 Å². The second kappa shape index (κ2) is 6.66. The lowest BCUT2D eigenvalue weighted by Gasteiger charge is -2.11. The summed E-state index contributed by atoms with van der Waals surface area (Å²) >= 11 is 0. The minimum atomic E-state index is -0.0996. The van der Waals surface area contributed by atoms with E-state index in [2.05, 4.69) is 17.6 Å². The first-order valence-electron chi connectivity index (χ1n) is 5.60. The number of nitrogens with one attached hydrogen (secondary N) is 2. The van der Waals surface area contributed by atoms with E-state index in [9.17, 15) is 4.79 Å². The Kier molecular flexibility index (Phi) is 5.18. The van der Waals surface area contributed by atoms with Crippen LogP contribution < -0.4 is 10.6 Å². The number of nitriles is 1. The molecule has 2 N–H and O–H groups in total. The Hall–Kier alpha value is -1.86. The fourth-order valence-electron chi connectivity index (χ4n) is 1.49. The van der Waals surface area contributed by atoms with Crippen molar-refractivity contribution in [2.75, 3.05) is 20.1 Å². The quantitative estimate of drug-likeness (QED) is 0.798. The molecule has 17 heavy (non-hydrogen) atoms. The zero-order valence-corrected chi connectivity index (χ0v) is 10.2. The van der Waals surface area contributed by atoms with Gasteiger partial charge in [0.05, 0.1) is 11.6 Å². The van der Waals surface area contributed by atoms with Crippen LogP contribution in [0.5, 0.6) is 0 Å². The van der Waals surface area contributed by atoms with Gasteiger partial charge in [0.15, 0.2) is 0 Å². The largest absolute Gasteiger partial charge is 0.352 e. The number of rotatable bonds is 5. The van der Waals surface area contributed by atoms with Gasteiger partial charge in [-0.25, -0.2) is 0 Å². The van der Waals surface area contributed by atoms with Crippen LogP contribution in [0.1, 0.15) is 22.8 Å². The van der Waals surface area contributed by atoms with Crippen LogP contribution in [0.2, 0.25) is 0 Å². The monoisotopic (exact) mass is 231 g/mol. The SMILES string of the molecule is CNCC(C)CNC(=O)c1ccc(C#N)cc1. The van der Waals surface area contributed by atoms with E-state index in [4.69, 9.17) is 5.26 Å². The Morgan fingerprint density at radius 2 is 2.00 bits per heavy atom. The van der Waals surface area contributed by atoms with Crippen LogP contribution in [0.3, 0.4) is 0 Å². The van der Waals surface area contributed by atoms with Crippen molar-refractivity contribution in [3.63, 3.8) is 0 Å². The highest BCUT2D eigenvalue weighted by atomic mass is 16.1. The van der Waals surface area contributed by atoms with Crippen molar-refractivity contribution in [2.45, 2.75) is 6.92 Å². The van der Waals surface area contributed by atoms with E-state index in [-0.39, 0.29) is 5.91 Å². The van der Waals surface area contributed by atoms with Crippen molar-refractivity contribution in [1.29, 1.82) is 5.26 Å². The Morgan fingerprint density at radius 1 is 1.35 bits per heavy atom. The molecule has 90 valence electrons. The molecule has 0 saturated carbocycles. The van der Waals surface area contributed by atoms with Gasteiger partial charge in [0.25, 0.3) is 5.91 Å². The summed E-state index contributed by atoms with van der Waals surface area (Å²) in [6.45, 7) is 3.57. The first-order valence-corrected chi connectivity index (χ1v) is 5.60. The number of hydrogen-bond acceptors (Lipinski definition) is 3. The van der Waals surface area contributed by atoms with Gasteiger partial charge in [0.2, 0.25) is 0 Å². The van der Waals surface area contributed by atoms with Crippen LogP contribution in [-0.2, 0) is 0 Å². The zero-order valence-electron chi connectivity index (χ0n) is 10.2. The van der Waals surface area contributed by atoms with Gasteiger partial charge < -0.3 is 10.6 Å². The molecule has 0 aliphatic heterocycles. The van der Waals surface area contributed by atoms with Crippen molar-refractivity contribution in [1.82, 2.24) is 10.6 Å². The van der Waals surface area contributed by atoms with E-state index in [0.717, 1.165) is 6.54 Å². The molecule has 1 atom stereocenters. The predicted molar refractivity (Wildman–Crippen MR) is 66.6 cm³/mol. The summed E-state index contributed by atoms with van der Waals surface area (Å²) in [5, 5.41) is 14.6. The standard InChI is InChI=1S/C13H17N3O/c1-10(8-15-2)9-16-13(17)12-5-3-11(7-14)4-6-12/h3-6,10,15H,8-9H2,1-2H3,(H,16,17). The maximum atomic E-state index is 11.7. The molecule has 1 amide bonds. The summed E-state index contributed by atoms with van der Waals surface area (Å²) in [4.78, 5) is 11.7. The van der Waals surface area contributed by atoms with E-state index < -0.39 is 0 Å². The smallest absolute Gasteiger partial charge is 0.251 e. The average Bonchev–Trinajstić information content (AvgIpc) is 2.36. The molecule has 1 unspecified atom stereocenters. The maximum absolute atomic E-state index is 11.7. The van der Waals surface area contributed by atoms with Gasteiger partial charge in [-0.3, -0.25) is 4.79 Å². The molecule has 1 rings (SSSR count). The Labute approximate surface area is 102 Å². The van der Waals surface area contributed by atoms with Crippen molar-refractivity contribution < 1.29 is 4.79 Å². The number of nitrogens with zero attached hydrogens (tertiary/aromatic N) is 1. The van der Waals surface area contributed by atoms with Gasteiger partial charge in [0, 0.05) is 12.1 Å². The molecule has 4 heteroatoms. The number of benzene rings is 1. The summed E-state index contributed by atoms with van der Waals surface area (Å²) in [6.07, 6.45) is 0. The molecule has 0 aromatic heterocycles. The summed E-state index contributed by atoms with van der Waals surface area (Å²) in [5.41, 5.74) is 1.14. The first-order chi connectivity index (χ1) is 8.17. The molecule has 0 spiro atoms. The van der Waals surface area contributed by atoms with Crippen LogP contribution in [0.15, 0.2) is 24.3 Å². The Balaban J connectivity index is 2.50. The normalized spacial score (nSPS) is 11.6. The highest BCUT2D eigenvalue weighted by molar-refractivity contribution is 5.94. The molecule has 0 radical (unpaired) electrons. The molecule has 1 aromatic carbocycles. The summed E-state index contributed by atoms with van der Waals surface area (Å²) in [6, 6.07) is 8.64. The summed E-state index contributed by atoms with van der Waals surface area (Å²) in [5.74, 6) is 0.291. The van der Waals surface area contributed by atoms with Crippen molar-refractivity contribution in [2.24, 2.45) is 5.92 Å². The highest BCUT2D eigenvalue weighted by Crippen LogP contribution is 2.03. The molecule has 0 aliphatic carbocycles.